The monoisotopic (exact) mass is 272 g/mol. The molecule has 1 aromatic carbocycles. The molecule has 1 aromatic heterocycles. The molecule has 2 unspecified atom stereocenters. The lowest BCUT2D eigenvalue weighted by molar-refractivity contribution is -0.00521. The quantitative estimate of drug-likeness (QED) is 0.788. The van der Waals surface area contributed by atoms with E-state index in [4.69, 9.17) is 4.74 Å². The van der Waals surface area contributed by atoms with Gasteiger partial charge in [-0.1, -0.05) is 0 Å². The number of carbonyl (C=O) groups is 1. The van der Waals surface area contributed by atoms with Crippen LogP contribution < -0.4 is 4.90 Å². The van der Waals surface area contributed by atoms with Crippen molar-refractivity contribution in [2.45, 2.75) is 26.1 Å². The first-order valence-corrected chi connectivity index (χ1v) is 7.03. The Bertz CT molecular complexity index is 637. The summed E-state index contributed by atoms with van der Waals surface area (Å²) in [7, 11) is 1.97. The van der Waals surface area contributed by atoms with Crippen molar-refractivity contribution in [2.24, 2.45) is 7.05 Å². The van der Waals surface area contributed by atoms with E-state index in [2.05, 4.69) is 36.9 Å². The van der Waals surface area contributed by atoms with Gasteiger partial charge in [-0.3, -0.25) is 4.79 Å². The number of carbonyl (C=O) groups excluding carboxylic acids is 1. The molecular weight excluding hydrogens is 252 g/mol. The van der Waals surface area contributed by atoms with Crippen molar-refractivity contribution in [3.8, 4) is 0 Å². The smallest absolute Gasteiger partial charge is 0.152 e. The number of nitrogens with zero attached hydrogens (tertiary/aromatic N) is 2. The van der Waals surface area contributed by atoms with Crippen LogP contribution in [-0.2, 0) is 11.8 Å². The zero-order valence-electron chi connectivity index (χ0n) is 12.2. The summed E-state index contributed by atoms with van der Waals surface area (Å²) < 4.78 is 7.77. The molecule has 0 amide bonds. The van der Waals surface area contributed by atoms with Crippen molar-refractivity contribution in [3.05, 3.63) is 30.0 Å². The van der Waals surface area contributed by atoms with Gasteiger partial charge in [0, 0.05) is 48.5 Å². The van der Waals surface area contributed by atoms with E-state index in [1.54, 1.807) is 0 Å². The summed E-state index contributed by atoms with van der Waals surface area (Å²) in [5, 5.41) is 1.02. The van der Waals surface area contributed by atoms with Crippen LogP contribution in [0.2, 0.25) is 0 Å². The number of anilines is 1. The molecule has 3 rings (SSSR count). The molecule has 1 fully saturated rings. The molecule has 0 bridgehead atoms. The minimum absolute atomic E-state index is 0.232. The van der Waals surface area contributed by atoms with E-state index in [0.29, 0.717) is 0 Å². The molecule has 0 radical (unpaired) electrons. The fourth-order valence-corrected chi connectivity index (χ4v) is 3.09. The maximum absolute atomic E-state index is 11.2. The third kappa shape index (κ3) is 2.20. The van der Waals surface area contributed by atoms with Gasteiger partial charge in [0.25, 0.3) is 0 Å². The van der Waals surface area contributed by atoms with E-state index in [1.807, 2.05) is 17.8 Å². The SMILES string of the molecule is CC1CN(c2ccc3c(c2)c(C=O)cn3C)CC(C)O1. The van der Waals surface area contributed by atoms with Crippen LogP contribution in [0.5, 0.6) is 0 Å². The molecule has 2 aromatic rings. The van der Waals surface area contributed by atoms with Crippen molar-refractivity contribution < 1.29 is 9.53 Å². The Morgan fingerprint density at radius 2 is 1.95 bits per heavy atom. The Kier molecular flexibility index (Phi) is 3.26. The summed E-state index contributed by atoms with van der Waals surface area (Å²) in [6.07, 6.45) is 3.27. The molecule has 1 saturated heterocycles. The molecule has 2 heterocycles. The summed E-state index contributed by atoms with van der Waals surface area (Å²) >= 11 is 0. The van der Waals surface area contributed by atoms with Gasteiger partial charge in [-0.25, -0.2) is 0 Å². The number of benzene rings is 1. The third-order valence-corrected chi connectivity index (χ3v) is 3.92. The van der Waals surface area contributed by atoms with Gasteiger partial charge in [0.1, 0.15) is 0 Å². The van der Waals surface area contributed by atoms with Gasteiger partial charge in [0.15, 0.2) is 6.29 Å². The van der Waals surface area contributed by atoms with E-state index in [1.165, 1.54) is 0 Å². The predicted octanol–water partition coefficient (Wildman–Crippen LogP) is 2.60. The van der Waals surface area contributed by atoms with Crippen molar-refractivity contribution >= 4 is 22.9 Å². The first kappa shape index (κ1) is 13.2. The van der Waals surface area contributed by atoms with Crippen molar-refractivity contribution in [2.75, 3.05) is 18.0 Å². The van der Waals surface area contributed by atoms with Crippen molar-refractivity contribution in [1.29, 1.82) is 0 Å². The Morgan fingerprint density at radius 3 is 2.60 bits per heavy atom. The number of ether oxygens (including phenoxy) is 1. The van der Waals surface area contributed by atoms with Crippen LogP contribution in [0.25, 0.3) is 10.9 Å². The topological polar surface area (TPSA) is 34.5 Å². The molecule has 4 heteroatoms. The third-order valence-electron chi connectivity index (χ3n) is 3.92. The van der Waals surface area contributed by atoms with Gasteiger partial charge < -0.3 is 14.2 Å². The molecule has 0 saturated carbocycles. The summed E-state index contributed by atoms with van der Waals surface area (Å²) in [6.45, 7) is 5.97. The van der Waals surface area contributed by atoms with E-state index in [-0.39, 0.29) is 12.2 Å². The number of morpholine rings is 1. The Balaban J connectivity index is 2.02. The highest BCUT2D eigenvalue weighted by atomic mass is 16.5. The van der Waals surface area contributed by atoms with E-state index in [9.17, 15) is 4.79 Å². The molecule has 106 valence electrons. The fraction of sp³-hybridized carbons (Fsp3) is 0.438. The molecule has 1 aliphatic heterocycles. The van der Waals surface area contributed by atoms with Crippen LogP contribution in [0.15, 0.2) is 24.4 Å². The number of aldehydes is 1. The number of hydrogen-bond acceptors (Lipinski definition) is 3. The molecule has 20 heavy (non-hydrogen) atoms. The summed E-state index contributed by atoms with van der Waals surface area (Å²) in [5.41, 5.74) is 3.00. The Morgan fingerprint density at radius 1 is 1.25 bits per heavy atom. The summed E-state index contributed by atoms with van der Waals surface area (Å²) in [4.78, 5) is 13.5. The summed E-state index contributed by atoms with van der Waals surface area (Å²) in [6, 6.07) is 6.33. The largest absolute Gasteiger partial charge is 0.372 e. The molecule has 0 N–H and O–H groups in total. The van der Waals surface area contributed by atoms with E-state index >= 15 is 0 Å². The van der Waals surface area contributed by atoms with Crippen LogP contribution in [0.4, 0.5) is 5.69 Å². The number of aromatic nitrogens is 1. The zero-order valence-corrected chi connectivity index (χ0v) is 12.2. The first-order valence-electron chi connectivity index (χ1n) is 7.03. The summed E-state index contributed by atoms with van der Waals surface area (Å²) in [5.74, 6) is 0. The van der Waals surface area contributed by atoms with Gasteiger partial charge in [0.2, 0.25) is 0 Å². The number of rotatable bonds is 2. The van der Waals surface area contributed by atoms with Gasteiger partial charge in [0.05, 0.1) is 12.2 Å². The number of fused-ring (bicyclic) bond motifs is 1. The van der Waals surface area contributed by atoms with Crippen LogP contribution in [0.3, 0.4) is 0 Å². The minimum atomic E-state index is 0.232. The fourth-order valence-electron chi connectivity index (χ4n) is 3.09. The maximum atomic E-state index is 11.2. The van der Waals surface area contributed by atoms with Gasteiger partial charge in [-0.05, 0) is 32.0 Å². The van der Waals surface area contributed by atoms with Crippen molar-refractivity contribution in [1.82, 2.24) is 4.57 Å². The molecule has 1 aliphatic rings. The van der Waals surface area contributed by atoms with Crippen LogP contribution in [-0.4, -0.2) is 36.2 Å². The Labute approximate surface area is 118 Å². The van der Waals surface area contributed by atoms with Gasteiger partial charge in [-0.2, -0.15) is 0 Å². The van der Waals surface area contributed by atoms with Gasteiger partial charge >= 0.3 is 0 Å². The van der Waals surface area contributed by atoms with Gasteiger partial charge in [-0.15, -0.1) is 0 Å². The average Bonchev–Trinajstić information content (AvgIpc) is 2.74. The lowest BCUT2D eigenvalue weighted by atomic mass is 10.1. The van der Waals surface area contributed by atoms with Crippen LogP contribution in [0.1, 0.15) is 24.2 Å². The molecule has 2 atom stereocenters. The molecule has 0 aliphatic carbocycles. The first-order chi connectivity index (χ1) is 9.58. The average molecular weight is 272 g/mol. The van der Waals surface area contributed by atoms with Crippen molar-refractivity contribution in [3.63, 3.8) is 0 Å². The van der Waals surface area contributed by atoms with Crippen LogP contribution >= 0.6 is 0 Å². The number of aryl methyl sites for hydroxylation is 1. The predicted molar refractivity (Wildman–Crippen MR) is 80.5 cm³/mol. The molecule has 0 spiro atoms. The Hall–Kier alpha value is -1.81. The number of hydrogen-bond donors (Lipinski definition) is 0. The lowest BCUT2D eigenvalue weighted by Crippen LogP contribution is -2.45. The second-order valence-corrected chi connectivity index (χ2v) is 5.68. The second-order valence-electron chi connectivity index (χ2n) is 5.68. The minimum Gasteiger partial charge on any atom is -0.372 e. The maximum Gasteiger partial charge on any atom is 0.152 e. The van der Waals surface area contributed by atoms with Crippen LogP contribution in [0, 0.1) is 0 Å². The molecular formula is C16H20N2O2. The van der Waals surface area contributed by atoms with E-state index < -0.39 is 0 Å². The second kappa shape index (κ2) is 4.94. The highest BCUT2D eigenvalue weighted by molar-refractivity contribution is 5.99. The van der Waals surface area contributed by atoms with E-state index in [0.717, 1.165) is 41.5 Å². The zero-order chi connectivity index (χ0) is 14.3. The highest BCUT2D eigenvalue weighted by Crippen LogP contribution is 2.27. The lowest BCUT2D eigenvalue weighted by Gasteiger charge is -2.36. The normalized spacial score (nSPS) is 23.2. The standard InChI is InChI=1S/C16H20N2O2/c1-11-7-18(8-12(2)20-11)14-4-5-16-15(6-14)13(10-19)9-17(16)3/h4-6,9-12H,7-8H2,1-3H3. The highest BCUT2D eigenvalue weighted by Gasteiger charge is 2.22. The molecule has 4 nitrogen and oxygen atoms in total.